The Kier molecular flexibility index (Phi) is 15.8. The van der Waals surface area contributed by atoms with E-state index in [2.05, 4.69) is 10.6 Å². The Morgan fingerprint density at radius 3 is 1.82 bits per heavy atom. The minimum Gasteiger partial charge on any atom is -0.503 e. The van der Waals surface area contributed by atoms with E-state index in [-0.39, 0.29) is 86.0 Å². The number of aromatic hydroxyl groups is 1. The maximum absolute atomic E-state index is 13.6. The molecule has 2 fully saturated rings. The summed E-state index contributed by atoms with van der Waals surface area (Å²) in [4.78, 5) is 106. The van der Waals surface area contributed by atoms with Gasteiger partial charge >= 0.3 is 11.9 Å². The molecule has 74 heavy (non-hydrogen) atoms. The maximum Gasteiger partial charge on any atom is 0.357 e. The Bertz CT molecular complexity index is 3050. The molecule has 6 heterocycles. The molecule has 4 aliphatic rings. The first-order valence-corrected chi connectivity index (χ1v) is 22.9. The van der Waals surface area contributed by atoms with Gasteiger partial charge in [0.2, 0.25) is 16.8 Å². The topological polar surface area (TPSA) is 316 Å². The number of esters is 1. The first-order chi connectivity index (χ1) is 35.1. The fraction of sp³-hybridized carbons (Fsp3) is 0.347. The van der Waals surface area contributed by atoms with Gasteiger partial charge in [0, 0.05) is 25.2 Å². The van der Waals surface area contributed by atoms with E-state index in [1.54, 1.807) is 71.2 Å². The van der Waals surface area contributed by atoms with Crippen LogP contribution in [0.15, 0.2) is 105 Å². The van der Waals surface area contributed by atoms with Crippen LogP contribution in [0.4, 0.5) is 0 Å². The summed E-state index contributed by atoms with van der Waals surface area (Å²) in [6.45, 7) is 7.08. The van der Waals surface area contributed by atoms with Crippen LogP contribution in [0.2, 0.25) is 0 Å². The lowest BCUT2D eigenvalue weighted by molar-refractivity contribution is -0.156. The highest BCUT2D eigenvalue weighted by Crippen LogP contribution is 2.34. The van der Waals surface area contributed by atoms with Crippen LogP contribution in [0, 0.1) is 5.92 Å². The summed E-state index contributed by atoms with van der Waals surface area (Å²) >= 11 is 0. The summed E-state index contributed by atoms with van der Waals surface area (Å²) in [6.07, 6.45) is 2.20. The second-order valence-electron chi connectivity index (χ2n) is 18.3. The van der Waals surface area contributed by atoms with Crippen molar-refractivity contribution in [2.75, 3.05) is 40.4 Å². The number of hydrogen-bond acceptors (Lipinski definition) is 18. The van der Waals surface area contributed by atoms with Crippen LogP contribution in [0.3, 0.4) is 0 Å². The zero-order valence-corrected chi connectivity index (χ0v) is 41.1. The Balaban J connectivity index is 0.000000258. The van der Waals surface area contributed by atoms with E-state index in [1.807, 2.05) is 24.3 Å². The Hall–Kier alpha value is -8.68. The fourth-order valence-electron chi connectivity index (χ4n) is 8.05. The number of rotatable bonds is 16. The molecule has 0 aliphatic carbocycles. The first-order valence-electron chi connectivity index (χ1n) is 22.9. The SMILES string of the molecule is COc1ccc(COc2cn(OCc3ccc(OC)cc3)c(CNC(=O)C3=C(C(=O)OC(C)(C)C)N4C(=O)[C@@H](C)CN4C3)cc2=O)cc1.N[C@H]1CN2CC(C(=O)NCc3cc(=O)c(O)cn3O)=C(C(=O)O)N2C1=O. The number of nitrogens with two attached hydrogens (primary N) is 1. The lowest BCUT2D eigenvalue weighted by Crippen LogP contribution is -2.38. The predicted octanol–water partition coefficient (Wildman–Crippen LogP) is 0.140. The van der Waals surface area contributed by atoms with Crippen molar-refractivity contribution < 1.29 is 68.0 Å². The molecule has 7 N–H and O–H groups in total. The van der Waals surface area contributed by atoms with Crippen LogP contribution in [0.25, 0.3) is 0 Å². The predicted molar refractivity (Wildman–Crippen MR) is 256 cm³/mol. The lowest BCUT2D eigenvalue weighted by Gasteiger charge is -2.24. The van der Waals surface area contributed by atoms with E-state index < -0.39 is 63.6 Å². The van der Waals surface area contributed by atoms with E-state index >= 15 is 0 Å². The van der Waals surface area contributed by atoms with Crippen molar-refractivity contribution in [3.05, 3.63) is 139 Å². The molecule has 0 radical (unpaired) electrons. The molecule has 2 aromatic heterocycles. The molecule has 2 aromatic carbocycles. The number of amides is 4. The molecular formula is C49H55N9O16. The molecule has 392 valence electrons. The summed E-state index contributed by atoms with van der Waals surface area (Å²) in [5.41, 5.74) is 4.89. The van der Waals surface area contributed by atoms with Crippen molar-refractivity contribution in [3.63, 3.8) is 0 Å². The van der Waals surface area contributed by atoms with Crippen molar-refractivity contribution in [1.29, 1.82) is 0 Å². The van der Waals surface area contributed by atoms with Crippen LogP contribution >= 0.6 is 0 Å². The first kappa shape index (κ1) is 53.1. The van der Waals surface area contributed by atoms with Crippen LogP contribution < -0.4 is 46.3 Å². The number of carboxylic acid groups (broad SMARTS) is 1. The quantitative estimate of drug-likeness (QED) is 0.0642. The van der Waals surface area contributed by atoms with E-state index in [0.717, 1.165) is 28.4 Å². The van der Waals surface area contributed by atoms with Gasteiger partial charge in [0.1, 0.15) is 36.4 Å². The van der Waals surface area contributed by atoms with Crippen LogP contribution in [-0.4, -0.2) is 133 Å². The van der Waals surface area contributed by atoms with Gasteiger partial charge in [-0.15, -0.1) is 0 Å². The Morgan fingerprint density at radius 1 is 0.730 bits per heavy atom. The number of pyridine rings is 2. The standard InChI is InChI=1S/C35H40N4O9.C14H15N5O7/c1-22-17-37-18-28(31(39(37)33(22)42)34(43)48-35(2,3)4)32(41)36-16-25-15-29(40)30(46-20-23-7-11-26(44-5)12-8-23)19-38(25)47-21-24-9-13-27(45-6)14-10-24;15-8-4-17-3-7(11(14(24)25)19(17)13(8)23)12(22)16-2-6-1-9(20)10(21)5-18(6)26/h7-15,19,22H,16-18,20-21H2,1-6H3,(H,36,41);1,5,8,21,26H,2-4,15H2,(H,16,22)(H,24,25)/t22-;8-/m00/s1. The number of nitrogens with zero attached hydrogens (tertiary/aromatic N) is 6. The lowest BCUT2D eigenvalue weighted by atomic mass is 10.1. The van der Waals surface area contributed by atoms with E-state index in [1.165, 1.54) is 27.0 Å². The summed E-state index contributed by atoms with van der Waals surface area (Å²) in [6, 6.07) is 15.9. The van der Waals surface area contributed by atoms with Gasteiger partial charge in [0.15, 0.2) is 22.9 Å². The van der Waals surface area contributed by atoms with Gasteiger partial charge in [0.05, 0.1) is 81.2 Å². The number of fused-ring (bicyclic) bond motifs is 2. The minimum atomic E-state index is -1.45. The van der Waals surface area contributed by atoms with E-state index in [4.69, 9.17) is 29.5 Å². The number of carbonyl (C=O) groups is 6. The van der Waals surface area contributed by atoms with Gasteiger partial charge < -0.3 is 55.6 Å². The number of carboxylic acids is 1. The third kappa shape index (κ3) is 11.8. The normalized spacial score (nSPS) is 17.4. The third-order valence-corrected chi connectivity index (χ3v) is 11.7. The molecule has 4 aliphatic heterocycles. The fourth-order valence-corrected chi connectivity index (χ4v) is 8.05. The average Bonchev–Trinajstić information content (AvgIpc) is 4.08. The van der Waals surface area contributed by atoms with E-state index in [9.17, 15) is 53.8 Å². The Labute approximate surface area is 421 Å². The van der Waals surface area contributed by atoms with Crippen LogP contribution in [0.5, 0.6) is 23.0 Å². The number of aliphatic carboxylic acids is 1. The molecule has 0 saturated carbocycles. The van der Waals surface area contributed by atoms with Gasteiger partial charge in [-0.1, -0.05) is 31.2 Å². The number of hydrazine groups is 2. The van der Waals surface area contributed by atoms with Crippen molar-refractivity contribution in [1.82, 2.24) is 40.1 Å². The molecule has 0 bridgehead atoms. The molecule has 25 heteroatoms. The number of ether oxygens (including phenoxy) is 4. The summed E-state index contributed by atoms with van der Waals surface area (Å²) in [7, 11) is 3.16. The molecule has 0 spiro atoms. The second-order valence-corrected chi connectivity index (χ2v) is 18.3. The molecule has 8 rings (SSSR count). The van der Waals surface area contributed by atoms with Crippen molar-refractivity contribution >= 4 is 35.6 Å². The van der Waals surface area contributed by atoms with Gasteiger partial charge in [-0.25, -0.2) is 29.6 Å². The smallest absolute Gasteiger partial charge is 0.357 e. The number of hydrogen-bond donors (Lipinski definition) is 6. The van der Waals surface area contributed by atoms with Gasteiger partial charge in [0.25, 0.3) is 17.7 Å². The van der Waals surface area contributed by atoms with Gasteiger partial charge in [-0.05, 0) is 56.2 Å². The highest BCUT2D eigenvalue weighted by molar-refractivity contribution is 6.07. The monoisotopic (exact) mass is 1030 g/mol. The molecular weight excluding hydrogens is 971 g/mol. The highest BCUT2D eigenvalue weighted by atomic mass is 16.7. The summed E-state index contributed by atoms with van der Waals surface area (Å²) < 4.78 is 23.7. The highest BCUT2D eigenvalue weighted by Gasteiger charge is 2.49. The number of benzene rings is 2. The van der Waals surface area contributed by atoms with Crippen LogP contribution in [0.1, 0.15) is 50.2 Å². The summed E-state index contributed by atoms with van der Waals surface area (Å²) in [5.74, 6) is -4.06. The number of methoxy groups -OCH3 is 2. The zero-order valence-electron chi connectivity index (χ0n) is 41.1. The van der Waals surface area contributed by atoms with Crippen molar-refractivity contribution in [2.24, 2.45) is 11.7 Å². The molecule has 2 saturated heterocycles. The van der Waals surface area contributed by atoms with E-state index in [0.29, 0.717) is 28.5 Å². The maximum atomic E-state index is 13.6. The number of aromatic nitrogens is 2. The summed E-state index contributed by atoms with van der Waals surface area (Å²) in [5, 5.41) is 38.5. The van der Waals surface area contributed by atoms with Gasteiger partial charge in [-0.2, -0.15) is 9.46 Å². The van der Waals surface area contributed by atoms with Crippen LogP contribution in [-0.2, 0) is 59.8 Å². The Morgan fingerprint density at radius 2 is 1.26 bits per heavy atom. The molecule has 4 aromatic rings. The zero-order chi connectivity index (χ0) is 53.8. The third-order valence-electron chi connectivity index (χ3n) is 11.7. The average molecular weight is 1030 g/mol. The molecule has 0 unspecified atom stereocenters. The minimum absolute atomic E-state index is 0.0319. The molecule has 25 nitrogen and oxygen atoms in total. The largest absolute Gasteiger partial charge is 0.503 e. The number of nitrogens with one attached hydrogen (secondary N) is 2. The number of carbonyl (C=O) groups excluding carboxylic acids is 5. The van der Waals surface area contributed by atoms with Crippen molar-refractivity contribution in [3.8, 4) is 23.0 Å². The second kappa shape index (κ2) is 22.0. The van der Waals surface area contributed by atoms with Crippen molar-refractivity contribution in [2.45, 2.75) is 65.6 Å². The molecule has 4 amide bonds. The molecule has 2 atom stereocenters. The van der Waals surface area contributed by atoms with Gasteiger partial charge in [-0.3, -0.25) is 28.8 Å².